The number of carbonyl (C=O) groups is 1. The van der Waals surface area contributed by atoms with E-state index in [-0.39, 0.29) is 5.91 Å². The lowest BCUT2D eigenvalue weighted by atomic mass is 9.87. The predicted octanol–water partition coefficient (Wildman–Crippen LogP) is 5.94. The van der Waals surface area contributed by atoms with Crippen molar-refractivity contribution in [3.63, 3.8) is 0 Å². The molecule has 146 valence electrons. The van der Waals surface area contributed by atoms with Crippen molar-refractivity contribution in [3.8, 4) is 11.1 Å². The molecule has 0 saturated heterocycles. The quantitative estimate of drug-likeness (QED) is 0.478. The van der Waals surface area contributed by atoms with Crippen LogP contribution in [0.1, 0.15) is 40.5 Å². The fourth-order valence-corrected chi connectivity index (χ4v) is 3.40. The average molecular weight is 377 g/mol. The first-order chi connectivity index (χ1) is 13.3. The van der Waals surface area contributed by atoms with Crippen LogP contribution in [0.15, 0.2) is 54.7 Å². The Morgan fingerprint density at radius 1 is 1.14 bits per heavy atom. The molecule has 1 heterocycles. The molecule has 0 atom stereocenters. The highest BCUT2D eigenvalue weighted by atomic mass is 16.2. The van der Waals surface area contributed by atoms with Crippen LogP contribution in [-0.4, -0.2) is 16.1 Å². The first-order valence-electron chi connectivity index (χ1n) is 9.63. The largest absolute Gasteiger partial charge is 0.360 e. The number of anilines is 2. The molecule has 0 aliphatic heterocycles. The van der Waals surface area contributed by atoms with Gasteiger partial charge in [-0.1, -0.05) is 58.0 Å². The molecule has 0 aliphatic rings. The summed E-state index contributed by atoms with van der Waals surface area (Å²) in [4.78, 5) is 12.8. The second-order valence-electron chi connectivity index (χ2n) is 7.87. The molecule has 1 aromatic heterocycles. The molecular weight excluding hydrogens is 348 g/mol. The zero-order valence-electron chi connectivity index (χ0n) is 17.0. The number of hydrogen-bond donors (Lipinski definition) is 3. The average Bonchev–Trinajstić information content (AvgIpc) is 3.05. The molecule has 0 spiro atoms. The van der Waals surface area contributed by atoms with Crippen molar-refractivity contribution in [1.82, 2.24) is 10.2 Å². The molecule has 1 amide bonds. The van der Waals surface area contributed by atoms with Crippen molar-refractivity contribution >= 4 is 28.3 Å². The lowest BCUT2D eigenvalue weighted by Crippen LogP contribution is -2.30. The highest BCUT2D eigenvalue weighted by molar-refractivity contribution is 6.07. The molecule has 0 bridgehead atoms. The van der Waals surface area contributed by atoms with Crippen LogP contribution in [-0.2, 0) is 4.79 Å². The molecule has 3 aromatic rings. The van der Waals surface area contributed by atoms with Crippen LogP contribution in [0.3, 0.4) is 0 Å². The normalized spacial score (nSPS) is 11.4. The van der Waals surface area contributed by atoms with E-state index in [9.17, 15) is 4.79 Å². The van der Waals surface area contributed by atoms with E-state index >= 15 is 0 Å². The number of fused-ring (bicyclic) bond motifs is 1. The number of H-pyrrole nitrogens is 1. The molecule has 3 rings (SSSR count). The van der Waals surface area contributed by atoms with Gasteiger partial charge in [-0.15, -0.1) is 0 Å². The van der Waals surface area contributed by atoms with E-state index in [2.05, 4.69) is 46.5 Å². The summed E-state index contributed by atoms with van der Waals surface area (Å²) in [6, 6.07) is 14.2. The maximum absolute atomic E-state index is 12.8. The van der Waals surface area contributed by atoms with Gasteiger partial charge < -0.3 is 10.6 Å². The minimum atomic E-state index is -0.440. The van der Waals surface area contributed by atoms with Crippen LogP contribution in [0.2, 0.25) is 0 Å². The van der Waals surface area contributed by atoms with E-state index in [0.29, 0.717) is 5.82 Å². The van der Waals surface area contributed by atoms with Crippen molar-refractivity contribution in [2.24, 2.45) is 5.41 Å². The van der Waals surface area contributed by atoms with Crippen LogP contribution < -0.4 is 10.6 Å². The van der Waals surface area contributed by atoms with E-state index in [1.165, 1.54) is 0 Å². The second kappa shape index (κ2) is 7.89. The smallest absolute Gasteiger partial charge is 0.231 e. The van der Waals surface area contributed by atoms with E-state index in [4.69, 9.17) is 0 Å². The molecule has 5 nitrogen and oxygen atoms in total. The Kier molecular flexibility index (Phi) is 5.54. The van der Waals surface area contributed by atoms with Crippen molar-refractivity contribution in [2.75, 3.05) is 10.6 Å². The van der Waals surface area contributed by atoms with Gasteiger partial charge in [0, 0.05) is 16.8 Å². The molecule has 0 aliphatic carbocycles. The number of carbonyl (C=O) groups excluding carboxylic acids is 1. The van der Waals surface area contributed by atoms with Crippen molar-refractivity contribution in [1.29, 1.82) is 0 Å². The third kappa shape index (κ3) is 4.09. The van der Waals surface area contributed by atoms with Crippen molar-refractivity contribution < 1.29 is 4.79 Å². The zero-order chi connectivity index (χ0) is 20.3. The minimum absolute atomic E-state index is 0.0152. The number of aromatic amines is 1. The molecule has 0 saturated carbocycles. The molecule has 0 unspecified atom stereocenters. The summed E-state index contributed by atoms with van der Waals surface area (Å²) in [7, 11) is 0. The van der Waals surface area contributed by atoms with Gasteiger partial charge in [0.1, 0.15) is 0 Å². The van der Waals surface area contributed by atoms with Crippen LogP contribution in [0.4, 0.5) is 11.5 Å². The maximum atomic E-state index is 12.8. The van der Waals surface area contributed by atoms with Crippen molar-refractivity contribution in [3.05, 3.63) is 54.7 Å². The SMILES string of the molecule is C=C(C)Nc1ccc(-c2cccc3[nH]nc(NC(=O)C(C)(C)CCC)c23)cc1. The highest BCUT2D eigenvalue weighted by Crippen LogP contribution is 2.34. The predicted molar refractivity (Wildman–Crippen MR) is 117 cm³/mol. The molecule has 28 heavy (non-hydrogen) atoms. The lowest BCUT2D eigenvalue weighted by Gasteiger charge is -2.22. The minimum Gasteiger partial charge on any atom is -0.360 e. The van der Waals surface area contributed by atoms with Gasteiger partial charge in [-0.25, -0.2) is 0 Å². The number of amides is 1. The van der Waals surface area contributed by atoms with Gasteiger partial charge in [0.05, 0.1) is 10.9 Å². The topological polar surface area (TPSA) is 69.8 Å². The van der Waals surface area contributed by atoms with Crippen molar-refractivity contribution in [2.45, 2.75) is 40.5 Å². The van der Waals surface area contributed by atoms with Gasteiger partial charge in [-0.05, 0) is 42.7 Å². The Hall–Kier alpha value is -3.08. The summed E-state index contributed by atoms with van der Waals surface area (Å²) in [5, 5.41) is 14.6. The number of rotatable bonds is 7. The Morgan fingerprint density at radius 2 is 1.86 bits per heavy atom. The Bertz CT molecular complexity index is 999. The van der Waals surface area contributed by atoms with E-state index in [1.807, 2.05) is 51.1 Å². The molecule has 5 heteroatoms. The Labute approximate surface area is 166 Å². The summed E-state index contributed by atoms with van der Waals surface area (Å²) in [6.07, 6.45) is 1.78. The molecular formula is C23H28N4O. The zero-order valence-corrected chi connectivity index (χ0v) is 17.0. The summed E-state index contributed by atoms with van der Waals surface area (Å²) in [5.41, 5.74) is 4.42. The summed E-state index contributed by atoms with van der Waals surface area (Å²) in [5.74, 6) is 0.558. The van der Waals surface area contributed by atoms with Gasteiger partial charge in [0.25, 0.3) is 0 Å². The highest BCUT2D eigenvalue weighted by Gasteiger charge is 2.28. The number of benzene rings is 2. The van der Waals surface area contributed by atoms with Crippen LogP contribution in [0, 0.1) is 5.41 Å². The third-order valence-electron chi connectivity index (χ3n) is 4.86. The van der Waals surface area contributed by atoms with E-state index in [1.54, 1.807) is 0 Å². The van der Waals surface area contributed by atoms with Gasteiger partial charge in [-0.2, -0.15) is 5.10 Å². The maximum Gasteiger partial charge on any atom is 0.231 e. The fourth-order valence-electron chi connectivity index (χ4n) is 3.40. The number of aromatic nitrogens is 2. The first kappa shape index (κ1) is 19.7. The number of hydrogen-bond acceptors (Lipinski definition) is 3. The van der Waals surface area contributed by atoms with E-state index < -0.39 is 5.41 Å². The van der Waals surface area contributed by atoms with Gasteiger partial charge in [0.15, 0.2) is 5.82 Å². The van der Waals surface area contributed by atoms with Crippen LogP contribution in [0.5, 0.6) is 0 Å². The molecule has 3 N–H and O–H groups in total. The second-order valence-corrected chi connectivity index (χ2v) is 7.87. The summed E-state index contributed by atoms with van der Waals surface area (Å²) in [6.45, 7) is 11.8. The summed E-state index contributed by atoms with van der Waals surface area (Å²) < 4.78 is 0. The number of allylic oxidation sites excluding steroid dienone is 1. The monoisotopic (exact) mass is 376 g/mol. The summed E-state index contributed by atoms with van der Waals surface area (Å²) >= 11 is 0. The first-order valence-corrected chi connectivity index (χ1v) is 9.63. The number of nitrogens with one attached hydrogen (secondary N) is 3. The van der Waals surface area contributed by atoms with E-state index in [0.717, 1.165) is 46.3 Å². The fraction of sp³-hybridized carbons (Fsp3) is 0.304. The molecule has 0 radical (unpaired) electrons. The molecule has 0 fully saturated rings. The van der Waals surface area contributed by atoms with Crippen LogP contribution in [0.25, 0.3) is 22.0 Å². The lowest BCUT2D eigenvalue weighted by molar-refractivity contribution is -0.124. The third-order valence-corrected chi connectivity index (χ3v) is 4.86. The van der Waals surface area contributed by atoms with Crippen LogP contribution >= 0.6 is 0 Å². The van der Waals surface area contributed by atoms with Gasteiger partial charge >= 0.3 is 0 Å². The van der Waals surface area contributed by atoms with Gasteiger partial charge in [0.2, 0.25) is 5.91 Å². The Morgan fingerprint density at radius 3 is 2.50 bits per heavy atom. The molecule has 2 aromatic carbocycles. The standard InChI is InChI=1S/C23H28N4O/c1-6-14-23(4,5)22(28)25-21-20-18(8-7-9-19(20)26-27-21)16-10-12-17(13-11-16)24-15(2)3/h7-13,24H,2,6,14H2,1,3-5H3,(H2,25,26,27,28). The Balaban J connectivity index is 1.97. The number of nitrogens with zero attached hydrogens (tertiary/aromatic N) is 1. The van der Waals surface area contributed by atoms with Gasteiger partial charge in [-0.3, -0.25) is 9.89 Å².